The molecule has 3 amide bonds. The van der Waals surface area contributed by atoms with E-state index in [4.69, 9.17) is 0 Å². The van der Waals surface area contributed by atoms with Gasteiger partial charge in [0.15, 0.2) is 0 Å². The molecule has 0 bridgehead atoms. The molecule has 2 aromatic rings. The maximum absolute atomic E-state index is 14.2. The third-order valence-corrected chi connectivity index (χ3v) is 7.12. The summed E-state index contributed by atoms with van der Waals surface area (Å²) < 4.78 is 27.8. The molecule has 0 radical (unpaired) electrons. The highest BCUT2D eigenvalue weighted by Gasteiger charge is 2.52. The van der Waals surface area contributed by atoms with E-state index in [1.54, 1.807) is 0 Å². The van der Waals surface area contributed by atoms with Crippen molar-refractivity contribution in [1.82, 2.24) is 20.1 Å². The van der Waals surface area contributed by atoms with Gasteiger partial charge >= 0.3 is 0 Å². The Morgan fingerprint density at radius 2 is 2.06 bits per heavy atom. The molecule has 4 rings (SSSR count). The molecule has 3 atom stereocenters. The number of piperidine rings is 1. The second-order valence-electron chi connectivity index (χ2n) is 10.0. The smallest absolute Gasteiger partial charge is 0.270 e. The summed E-state index contributed by atoms with van der Waals surface area (Å²) in [5, 5.41) is 12.7. The molecule has 35 heavy (non-hydrogen) atoms. The fraction of sp³-hybridized carbons (Fsp3) is 0.520. The Bertz CT molecular complexity index is 1220. The average molecular weight is 486 g/mol. The number of nitrogens with one attached hydrogen (secondary N) is 2. The predicted octanol–water partition coefficient (Wildman–Crippen LogP) is 2.95. The fourth-order valence-corrected chi connectivity index (χ4v) is 5.27. The van der Waals surface area contributed by atoms with Gasteiger partial charge in [-0.3, -0.25) is 14.4 Å². The molecule has 1 spiro atoms. The van der Waals surface area contributed by atoms with Gasteiger partial charge in [0, 0.05) is 31.6 Å². The van der Waals surface area contributed by atoms with Crippen molar-refractivity contribution in [3.63, 3.8) is 0 Å². The molecule has 1 aromatic carbocycles. The van der Waals surface area contributed by atoms with Gasteiger partial charge in [-0.25, -0.2) is 8.78 Å². The zero-order valence-electron chi connectivity index (χ0n) is 20.0. The molecule has 8 nitrogen and oxygen atoms in total. The lowest BCUT2D eigenvalue weighted by Gasteiger charge is -2.34. The number of likely N-dealkylation sites (tertiary alicyclic amines) is 1. The molecular formula is C25H29F2N5O3. The summed E-state index contributed by atoms with van der Waals surface area (Å²) >= 11 is 0. The van der Waals surface area contributed by atoms with Crippen molar-refractivity contribution < 1.29 is 23.2 Å². The molecule has 0 unspecified atom stereocenters. The van der Waals surface area contributed by atoms with Gasteiger partial charge in [-0.05, 0) is 43.7 Å². The second-order valence-corrected chi connectivity index (χ2v) is 10.0. The summed E-state index contributed by atoms with van der Waals surface area (Å²) in [6, 6.07) is 3.64. The van der Waals surface area contributed by atoms with Crippen molar-refractivity contribution in [3.8, 4) is 6.07 Å². The maximum Gasteiger partial charge on any atom is 0.270 e. The first-order valence-corrected chi connectivity index (χ1v) is 11.8. The van der Waals surface area contributed by atoms with Gasteiger partial charge in [-0.2, -0.15) is 5.26 Å². The quantitative estimate of drug-likeness (QED) is 0.679. The van der Waals surface area contributed by atoms with E-state index in [1.165, 1.54) is 22.9 Å². The minimum Gasteiger partial charge on any atom is -0.356 e. The average Bonchev–Trinajstić information content (AvgIpc) is 3.40. The molecule has 2 aliphatic heterocycles. The molecule has 2 saturated heterocycles. The van der Waals surface area contributed by atoms with E-state index in [2.05, 4.69) is 16.4 Å². The van der Waals surface area contributed by atoms with Crippen molar-refractivity contribution in [3.05, 3.63) is 35.5 Å². The van der Waals surface area contributed by atoms with Crippen LogP contribution >= 0.6 is 0 Å². The highest BCUT2D eigenvalue weighted by atomic mass is 19.1. The number of aromatic amines is 1. The van der Waals surface area contributed by atoms with Gasteiger partial charge in [0.2, 0.25) is 11.8 Å². The monoisotopic (exact) mass is 485 g/mol. The third-order valence-electron chi connectivity index (χ3n) is 7.12. The van der Waals surface area contributed by atoms with Crippen molar-refractivity contribution in [2.45, 2.75) is 51.6 Å². The van der Waals surface area contributed by atoms with Gasteiger partial charge in [0.05, 0.1) is 17.0 Å². The summed E-state index contributed by atoms with van der Waals surface area (Å²) in [7, 11) is 1.48. The Kier molecular flexibility index (Phi) is 6.54. The first-order chi connectivity index (χ1) is 16.6. The molecule has 186 valence electrons. The lowest BCUT2D eigenvalue weighted by atomic mass is 9.78. The molecule has 2 N–H and O–H groups in total. The molecule has 2 fully saturated rings. The number of hydrogen-bond acceptors (Lipinski definition) is 4. The number of carbonyl (C=O) groups is 3. The van der Waals surface area contributed by atoms with E-state index in [0.717, 1.165) is 18.6 Å². The van der Waals surface area contributed by atoms with Crippen LogP contribution in [-0.2, 0) is 9.59 Å². The Balaban J connectivity index is 1.62. The zero-order chi connectivity index (χ0) is 25.5. The molecular weight excluding hydrogens is 456 g/mol. The molecule has 0 aliphatic carbocycles. The molecule has 0 saturated carbocycles. The normalized spacial score (nSPS) is 22.9. The lowest BCUT2D eigenvalue weighted by molar-refractivity contribution is -0.138. The lowest BCUT2D eigenvalue weighted by Crippen LogP contribution is -2.52. The summed E-state index contributed by atoms with van der Waals surface area (Å²) in [5.74, 6) is -2.62. The number of fused-ring (bicyclic) bond motifs is 1. The molecule has 10 heteroatoms. The van der Waals surface area contributed by atoms with Crippen LogP contribution in [0.15, 0.2) is 18.2 Å². The maximum atomic E-state index is 14.2. The van der Waals surface area contributed by atoms with E-state index in [-0.39, 0.29) is 41.4 Å². The number of rotatable bonds is 5. The van der Waals surface area contributed by atoms with Crippen LogP contribution in [0.25, 0.3) is 10.9 Å². The highest BCUT2D eigenvalue weighted by Crippen LogP contribution is 2.41. The van der Waals surface area contributed by atoms with E-state index in [0.29, 0.717) is 19.4 Å². The first kappa shape index (κ1) is 24.6. The van der Waals surface area contributed by atoms with E-state index < -0.39 is 40.9 Å². The van der Waals surface area contributed by atoms with Crippen LogP contribution < -0.4 is 5.32 Å². The van der Waals surface area contributed by atoms with Gasteiger partial charge < -0.3 is 20.1 Å². The van der Waals surface area contributed by atoms with E-state index in [1.807, 2.05) is 13.8 Å². The van der Waals surface area contributed by atoms with E-state index in [9.17, 15) is 28.4 Å². The summed E-state index contributed by atoms with van der Waals surface area (Å²) in [5.41, 5.74) is -0.631. The van der Waals surface area contributed by atoms with Crippen LogP contribution in [0.1, 0.15) is 50.0 Å². The van der Waals surface area contributed by atoms with Gasteiger partial charge in [0.1, 0.15) is 29.4 Å². The number of amides is 3. The van der Waals surface area contributed by atoms with Crippen LogP contribution in [0.4, 0.5) is 8.78 Å². The first-order valence-electron chi connectivity index (χ1n) is 11.8. The van der Waals surface area contributed by atoms with Gasteiger partial charge in [-0.15, -0.1) is 0 Å². The number of nitrogens with zero attached hydrogens (tertiary/aromatic N) is 3. The molecule has 3 heterocycles. The number of aromatic nitrogens is 1. The Labute approximate surface area is 202 Å². The van der Waals surface area contributed by atoms with Crippen molar-refractivity contribution >= 4 is 28.6 Å². The third kappa shape index (κ3) is 4.47. The number of halogens is 2. The number of hydrogen-bond donors (Lipinski definition) is 2. The number of likely N-dealkylation sites (N-methyl/N-ethyl adjacent to an activating group) is 1. The Hall–Kier alpha value is -3.48. The fourth-order valence-electron chi connectivity index (χ4n) is 5.27. The minimum atomic E-state index is -0.895. The Morgan fingerprint density at radius 1 is 1.31 bits per heavy atom. The largest absolute Gasteiger partial charge is 0.356 e. The number of benzene rings is 1. The van der Waals surface area contributed by atoms with Crippen molar-refractivity contribution in [2.24, 2.45) is 11.3 Å². The van der Waals surface area contributed by atoms with Crippen molar-refractivity contribution in [1.29, 1.82) is 5.26 Å². The van der Waals surface area contributed by atoms with Gasteiger partial charge in [-0.1, -0.05) is 13.8 Å². The van der Waals surface area contributed by atoms with Crippen LogP contribution in [0.5, 0.6) is 0 Å². The standard InChI is InChI=1S/C25H29F2N5O3/c1-14(2)7-21(23(34)32-13-25(11-16(32)12-28)5-4-6-29-24(25)35)31(3)22(33)20-10-17-18(27)8-15(26)9-19(17)30-20/h8-10,14,16,21,30H,4-7,11,13H2,1-3H3,(H,29,35)/t16-,21-,25-/m0/s1. The molecule has 2 aliphatic rings. The highest BCUT2D eigenvalue weighted by molar-refractivity contribution is 6.00. The van der Waals surface area contributed by atoms with Crippen LogP contribution in [0.2, 0.25) is 0 Å². The van der Waals surface area contributed by atoms with Crippen LogP contribution in [0.3, 0.4) is 0 Å². The predicted molar refractivity (Wildman–Crippen MR) is 124 cm³/mol. The SMILES string of the molecule is CC(C)C[C@@H](C(=O)N1C[C@]2(CCCNC2=O)C[C@H]1C#N)N(C)C(=O)c1cc2c(F)cc(F)cc2[nH]1. The second kappa shape index (κ2) is 9.29. The minimum absolute atomic E-state index is 0.0231. The number of carbonyl (C=O) groups excluding carboxylic acids is 3. The summed E-state index contributed by atoms with van der Waals surface area (Å²) in [6.07, 6.45) is 1.97. The van der Waals surface area contributed by atoms with E-state index >= 15 is 0 Å². The number of H-pyrrole nitrogens is 1. The Morgan fingerprint density at radius 3 is 2.71 bits per heavy atom. The van der Waals surface area contributed by atoms with Crippen LogP contribution in [-0.4, -0.2) is 64.7 Å². The zero-order valence-corrected chi connectivity index (χ0v) is 20.0. The van der Waals surface area contributed by atoms with Crippen molar-refractivity contribution in [2.75, 3.05) is 20.1 Å². The number of nitriles is 1. The summed E-state index contributed by atoms with van der Waals surface area (Å²) in [4.78, 5) is 45.2. The van der Waals surface area contributed by atoms with Crippen LogP contribution in [0, 0.1) is 34.3 Å². The van der Waals surface area contributed by atoms with Gasteiger partial charge in [0.25, 0.3) is 5.91 Å². The topological polar surface area (TPSA) is 109 Å². The molecule has 1 aromatic heterocycles. The summed E-state index contributed by atoms with van der Waals surface area (Å²) in [6.45, 7) is 4.54.